The molecule has 228 valence electrons. The second-order valence-corrected chi connectivity index (χ2v) is 16.3. The van der Waals surface area contributed by atoms with E-state index in [9.17, 15) is 30.4 Å². The lowest BCUT2D eigenvalue weighted by atomic mass is 9.78. The Morgan fingerprint density at radius 2 is 1.74 bits per heavy atom. The molecule has 0 unspecified atom stereocenters. The summed E-state index contributed by atoms with van der Waals surface area (Å²) in [6, 6.07) is 13.5. The van der Waals surface area contributed by atoms with E-state index in [1.54, 1.807) is 29.2 Å². The molecule has 0 aromatic heterocycles. The fourth-order valence-corrected chi connectivity index (χ4v) is 11.0. The summed E-state index contributed by atoms with van der Waals surface area (Å²) in [5.74, 6) is -1.49. The lowest BCUT2D eigenvalue weighted by molar-refractivity contribution is -0.137. The molecule has 2 fully saturated rings. The van der Waals surface area contributed by atoms with Gasteiger partial charge in [0.1, 0.15) is 38.6 Å². The van der Waals surface area contributed by atoms with Crippen molar-refractivity contribution in [1.82, 2.24) is 4.90 Å². The van der Waals surface area contributed by atoms with Crippen molar-refractivity contribution in [2.45, 2.75) is 54.4 Å². The van der Waals surface area contributed by atoms with Gasteiger partial charge >= 0.3 is 0 Å². The molecule has 1 aliphatic carbocycles. The monoisotopic (exact) mass is 649 g/mol. The second kappa shape index (κ2) is 11.2. The molecular weight excluding hydrogens is 620 g/mol. The van der Waals surface area contributed by atoms with Crippen molar-refractivity contribution in [2.24, 2.45) is 5.92 Å². The largest absolute Gasteiger partial charge is 0.489 e. The van der Waals surface area contributed by atoms with Crippen molar-refractivity contribution in [2.75, 3.05) is 18.1 Å². The Morgan fingerprint density at radius 1 is 1.02 bits per heavy atom. The highest BCUT2D eigenvalue weighted by Gasteiger charge is 2.61. The van der Waals surface area contributed by atoms with E-state index >= 15 is 0 Å². The lowest BCUT2D eigenvalue weighted by Gasteiger charge is -2.43. The van der Waals surface area contributed by atoms with Gasteiger partial charge < -0.3 is 9.64 Å². The van der Waals surface area contributed by atoms with Gasteiger partial charge in [0.05, 0.1) is 27.5 Å². The van der Waals surface area contributed by atoms with Gasteiger partial charge in [-0.05, 0) is 91.8 Å². The molecule has 7 nitrogen and oxygen atoms in total. The Kier molecular flexibility index (Phi) is 7.79. The molecule has 1 amide bonds. The predicted molar refractivity (Wildman–Crippen MR) is 157 cm³/mol. The predicted octanol–water partition coefficient (Wildman–Crippen LogP) is 5.24. The summed E-state index contributed by atoms with van der Waals surface area (Å²) in [6.45, 7) is 0.0714. The van der Waals surface area contributed by atoms with Gasteiger partial charge in [-0.25, -0.2) is 25.6 Å². The molecule has 0 radical (unpaired) electrons. The number of nitrogens with zero attached hydrogens (tertiary/aromatic N) is 1. The quantitative estimate of drug-likeness (QED) is 0.339. The summed E-state index contributed by atoms with van der Waals surface area (Å²) >= 11 is 6.15. The highest BCUT2D eigenvalue weighted by atomic mass is 35.5. The number of ether oxygens (including phenoxy) is 1. The maximum absolute atomic E-state index is 14.5. The van der Waals surface area contributed by atoms with Crippen LogP contribution in [-0.4, -0.2) is 51.7 Å². The van der Waals surface area contributed by atoms with Gasteiger partial charge in [0.25, 0.3) is 0 Å². The van der Waals surface area contributed by atoms with Crippen molar-refractivity contribution >= 4 is 37.2 Å². The van der Waals surface area contributed by atoms with Gasteiger partial charge in [0, 0.05) is 18.0 Å². The molecule has 2 saturated heterocycles. The average Bonchev–Trinajstić information content (AvgIpc) is 3.38. The molecule has 2 heterocycles. The number of sulfone groups is 2. The number of benzene rings is 3. The number of aryl methyl sites for hydroxylation is 1. The number of amides is 1. The van der Waals surface area contributed by atoms with Crippen LogP contribution in [-0.2, 0) is 42.2 Å². The molecule has 3 aromatic rings. The Morgan fingerprint density at radius 3 is 2.44 bits per heavy atom. The summed E-state index contributed by atoms with van der Waals surface area (Å²) in [6.07, 6.45) is 1.37. The Hall–Kier alpha value is -3.02. The Labute approximate surface area is 254 Å². The number of hydrogen-bond donors (Lipinski definition) is 0. The second-order valence-electron chi connectivity index (χ2n) is 11.4. The third-order valence-corrected chi connectivity index (χ3v) is 13.7. The van der Waals surface area contributed by atoms with E-state index in [4.69, 9.17) is 16.3 Å². The van der Waals surface area contributed by atoms with E-state index in [-0.39, 0.29) is 65.3 Å². The zero-order valence-electron chi connectivity index (χ0n) is 23.1. The maximum atomic E-state index is 14.5. The molecule has 0 N–H and O–H groups in total. The lowest BCUT2D eigenvalue weighted by Crippen LogP contribution is -2.53. The van der Waals surface area contributed by atoms with Gasteiger partial charge in [-0.15, -0.1) is 0 Å². The summed E-state index contributed by atoms with van der Waals surface area (Å²) in [5.41, 5.74) is 1.49. The van der Waals surface area contributed by atoms with Crippen LogP contribution in [0, 0.1) is 17.6 Å². The number of fused-ring (bicyclic) bond motifs is 3. The van der Waals surface area contributed by atoms with Crippen molar-refractivity contribution in [3.05, 3.63) is 94.0 Å². The van der Waals surface area contributed by atoms with E-state index in [2.05, 4.69) is 0 Å². The third kappa shape index (κ3) is 5.23. The van der Waals surface area contributed by atoms with E-state index in [1.165, 1.54) is 24.3 Å². The van der Waals surface area contributed by atoms with Gasteiger partial charge in [0.2, 0.25) is 5.91 Å². The van der Waals surface area contributed by atoms with Crippen molar-refractivity contribution in [1.29, 1.82) is 0 Å². The van der Waals surface area contributed by atoms with Gasteiger partial charge in [-0.2, -0.15) is 0 Å². The fourth-order valence-electron chi connectivity index (χ4n) is 6.88. The van der Waals surface area contributed by atoms with Crippen LogP contribution in [0.2, 0.25) is 5.02 Å². The van der Waals surface area contributed by atoms with Gasteiger partial charge in [-0.3, -0.25) is 4.79 Å². The summed E-state index contributed by atoms with van der Waals surface area (Å²) in [4.78, 5) is 15.4. The molecule has 6 rings (SSSR count). The van der Waals surface area contributed by atoms with E-state index < -0.39 is 48.0 Å². The molecular formula is C31H30ClF2NO6S2. The van der Waals surface area contributed by atoms with E-state index in [0.29, 0.717) is 24.2 Å². The van der Waals surface area contributed by atoms with Crippen LogP contribution >= 0.6 is 11.6 Å². The van der Waals surface area contributed by atoms with E-state index in [1.807, 2.05) is 0 Å². The maximum Gasteiger partial charge on any atom is 0.226 e. The van der Waals surface area contributed by atoms with Gasteiger partial charge in [-0.1, -0.05) is 23.7 Å². The van der Waals surface area contributed by atoms with Crippen LogP contribution in [0.1, 0.15) is 42.4 Å². The molecule has 43 heavy (non-hydrogen) atoms. The fraction of sp³-hybridized carbons (Fsp3) is 0.387. The zero-order chi connectivity index (χ0) is 30.6. The summed E-state index contributed by atoms with van der Waals surface area (Å²) in [7, 11) is -7.33. The molecule has 0 spiro atoms. The minimum atomic E-state index is -4.15. The minimum Gasteiger partial charge on any atom is -0.489 e. The van der Waals surface area contributed by atoms with Crippen LogP contribution < -0.4 is 4.74 Å². The molecule has 2 aliphatic heterocycles. The summed E-state index contributed by atoms with van der Waals surface area (Å²) in [5, 5.41) is 0.233. The van der Waals surface area contributed by atoms with Crippen LogP contribution in [0.25, 0.3) is 0 Å². The highest BCUT2D eigenvalue weighted by molar-refractivity contribution is 7.92. The average molecular weight is 650 g/mol. The first kappa shape index (κ1) is 30.0. The first-order chi connectivity index (χ1) is 20.4. The molecule has 0 saturated carbocycles. The number of likely N-dealkylation sites (tertiary alicyclic amines) is 1. The van der Waals surface area contributed by atoms with Crippen LogP contribution in [0.15, 0.2) is 65.6 Å². The molecule has 2 atom stereocenters. The van der Waals surface area contributed by atoms with Crippen molar-refractivity contribution in [3.8, 4) is 5.75 Å². The number of carbonyl (C=O) groups is 1. The molecule has 12 heteroatoms. The summed E-state index contributed by atoms with van der Waals surface area (Å²) < 4.78 is 85.5. The SMILES string of the molecule is O=C(C1CCS(=O)(=O)CC1)N1CC[C@@]2(S(=O)(=O)c3ccc(F)cc3)c3ccc(OCc4c(F)cccc4Cl)cc3CC[C@@H]12. The standard InChI is InChI=1S/C31H30ClF2NO6S2/c32-27-2-1-3-28(34)25(27)19-41-23-7-10-26-21(18-23)4-11-29-31(26,43(39,40)24-8-5-22(33)6-9-24)14-15-35(29)30(36)20-12-16-42(37,38)17-13-20/h1-3,5-10,18,20,29H,4,11-17,19H2/t29-,31-/m1/s1. The molecule has 0 bridgehead atoms. The van der Waals surface area contributed by atoms with Crippen LogP contribution in [0.3, 0.4) is 0 Å². The molecule has 3 aromatic carbocycles. The number of hydrogen-bond acceptors (Lipinski definition) is 6. The minimum absolute atomic E-state index is 0.0423. The first-order valence-corrected chi connectivity index (χ1v) is 17.8. The van der Waals surface area contributed by atoms with Crippen LogP contribution in [0.5, 0.6) is 5.75 Å². The van der Waals surface area contributed by atoms with E-state index in [0.717, 1.165) is 17.7 Å². The zero-order valence-corrected chi connectivity index (χ0v) is 25.5. The normalized spacial score (nSPS) is 23.4. The smallest absolute Gasteiger partial charge is 0.226 e. The highest BCUT2D eigenvalue weighted by Crippen LogP contribution is 2.53. The first-order valence-electron chi connectivity index (χ1n) is 14.1. The number of rotatable bonds is 6. The van der Waals surface area contributed by atoms with Crippen molar-refractivity contribution in [3.63, 3.8) is 0 Å². The number of halogens is 3. The van der Waals surface area contributed by atoms with Crippen molar-refractivity contribution < 1.29 is 35.1 Å². The third-order valence-electron chi connectivity index (χ3n) is 9.09. The Balaban J connectivity index is 1.37. The molecule has 3 aliphatic rings. The van der Waals surface area contributed by atoms with Gasteiger partial charge in [0.15, 0.2) is 9.84 Å². The Bertz CT molecular complexity index is 1760. The topological polar surface area (TPSA) is 97.8 Å². The number of carbonyl (C=O) groups excluding carboxylic acids is 1. The van der Waals surface area contributed by atoms with Crippen LogP contribution in [0.4, 0.5) is 8.78 Å².